The van der Waals surface area contributed by atoms with E-state index in [-0.39, 0.29) is 16.1 Å². The number of thiophene rings is 1. The number of carbonyl (C=O) groups excluding carboxylic acids is 1. The van der Waals surface area contributed by atoms with Crippen molar-refractivity contribution < 1.29 is 30.9 Å². The predicted molar refractivity (Wildman–Crippen MR) is 77.8 cm³/mol. The Kier molecular flexibility index (Phi) is 4.37. The summed E-state index contributed by atoms with van der Waals surface area (Å²) in [6.07, 6.45) is -4.49. The number of benzene rings is 1. The number of primary amides is 1. The van der Waals surface area contributed by atoms with Crippen molar-refractivity contribution in [3.63, 3.8) is 0 Å². The van der Waals surface area contributed by atoms with Crippen molar-refractivity contribution in [3.8, 4) is 10.4 Å². The van der Waals surface area contributed by atoms with Crippen molar-refractivity contribution in [1.29, 1.82) is 0 Å². The highest BCUT2D eigenvalue weighted by atomic mass is 32.3. The van der Waals surface area contributed by atoms with Crippen molar-refractivity contribution in [2.75, 3.05) is 5.32 Å². The number of anilines is 1. The van der Waals surface area contributed by atoms with Gasteiger partial charge in [-0.05, 0) is 23.8 Å². The van der Waals surface area contributed by atoms with Crippen LogP contribution in [0.1, 0.15) is 5.56 Å². The minimum Gasteiger partial charge on any atom is -0.351 e. The summed E-state index contributed by atoms with van der Waals surface area (Å²) < 4.78 is 68.7. The van der Waals surface area contributed by atoms with Crippen LogP contribution in [-0.2, 0) is 16.3 Å². The van der Waals surface area contributed by atoms with E-state index in [4.69, 9.17) is 10.3 Å². The fraction of sp³-hybridized carbons (Fsp3) is 0.0833. The molecule has 0 unspecified atom stereocenters. The van der Waals surface area contributed by atoms with Crippen LogP contribution in [0, 0.1) is 0 Å². The van der Waals surface area contributed by atoms with Gasteiger partial charge in [-0.15, -0.1) is 11.3 Å². The van der Waals surface area contributed by atoms with E-state index >= 15 is 0 Å². The number of hydrogen-bond acceptors (Lipinski definition) is 4. The molecule has 23 heavy (non-hydrogen) atoms. The normalized spacial score (nSPS) is 12.2. The number of nitrogens with one attached hydrogen (secondary N) is 1. The van der Waals surface area contributed by atoms with Gasteiger partial charge < -0.3 is 11.1 Å². The van der Waals surface area contributed by atoms with E-state index in [1.807, 2.05) is 5.32 Å². The molecular weight excluding hydrogens is 357 g/mol. The van der Waals surface area contributed by atoms with Gasteiger partial charge in [-0.25, -0.2) is 4.79 Å². The first-order valence-corrected chi connectivity index (χ1v) is 8.09. The fourth-order valence-corrected chi connectivity index (χ4v) is 3.68. The van der Waals surface area contributed by atoms with E-state index < -0.39 is 32.1 Å². The average molecular weight is 366 g/mol. The molecule has 2 amide bonds. The van der Waals surface area contributed by atoms with E-state index in [0.717, 1.165) is 24.3 Å². The molecular formula is C12H9F3N2O4S2. The van der Waals surface area contributed by atoms with Crippen molar-refractivity contribution in [3.05, 3.63) is 35.9 Å². The molecule has 1 aromatic carbocycles. The zero-order valence-electron chi connectivity index (χ0n) is 11.1. The minimum absolute atomic E-state index is 0.232. The van der Waals surface area contributed by atoms with E-state index in [1.165, 1.54) is 6.07 Å². The van der Waals surface area contributed by atoms with Gasteiger partial charge in [0.05, 0.1) is 11.3 Å². The highest BCUT2D eigenvalue weighted by molar-refractivity contribution is 7.88. The van der Waals surface area contributed by atoms with Gasteiger partial charge in [-0.1, -0.05) is 12.1 Å². The smallest absolute Gasteiger partial charge is 0.351 e. The summed E-state index contributed by atoms with van der Waals surface area (Å²) >= 11 is 0.585. The molecule has 0 aliphatic rings. The Hall–Kier alpha value is -2.11. The van der Waals surface area contributed by atoms with Gasteiger partial charge in [0.15, 0.2) is 4.21 Å². The molecule has 124 valence electrons. The molecule has 0 fully saturated rings. The number of rotatable bonds is 3. The van der Waals surface area contributed by atoms with Crippen LogP contribution in [0.2, 0.25) is 0 Å². The SMILES string of the molecule is NC(=O)Nc1cc(-c2ccc(C(F)(F)F)cc2)sc1S(=O)(=O)O. The molecule has 0 radical (unpaired) electrons. The van der Waals surface area contributed by atoms with Crippen molar-refractivity contribution >= 4 is 33.2 Å². The molecule has 0 spiro atoms. The van der Waals surface area contributed by atoms with Crippen molar-refractivity contribution in [1.82, 2.24) is 0 Å². The molecule has 2 aromatic rings. The predicted octanol–water partition coefficient (Wildman–Crippen LogP) is 3.17. The maximum absolute atomic E-state index is 12.5. The summed E-state index contributed by atoms with van der Waals surface area (Å²) in [6.45, 7) is 0. The zero-order chi connectivity index (χ0) is 17.4. The average Bonchev–Trinajstić information content (AvgIpc) is 2.81. The number of nitrogens with two attached hydrogens (primary N) is 1. The quantitative estimate of drug-likeness (QED) is 0.725. The Morgan fingerprint density at radius 3 is 2.22 bits per heavy atom. The molecule has 1 heterocycles. The molecule has 1 aromatic heterocycles. The Labute approximate surface area is 132 Å². The molecule has 11 heteroatoms. The molecule has 6 nitrogen and oxygen atoms in total. The Bertz CT molecular complexity index is 842. The first kappa shape index (κ1) is 17.2. The number of carbonyl (C=O) groups is 1. The maximum atomic E-state index is 12.5. The van der Waals surface area contributed by atoms with E-state index in [0.29, 0.717) is 11.3 Å². The van der Waals surface area contributed by atoms with Gasteiger partial charge in [0.2, 0.25) is 0 Å². The van der Waals surface area contributed by atoms with Gasteiger partial charge in [-0.2, -0.15) is 21.6 Å². The molecule has 0 aliphatic carbocycles. The van der Waals surface area contributed by atoms with Crippen LogP contribution in [0.15, 0.2) is 34.5 Å². The fourth-order valence-electron chi connectivity index (χ4n) is 1.75. The highest BCUT2D eigenvalue weighted by Gasteiger charge is 2.30. The number of halogens is 3. The third-order valence-corrected chi connectivity index (χ3v) is 5.24. The van der Waals surface area contributed by atoms with Gasteiger partial charge in [-0.3, -0.25) is 4.55 Å². The molecule has 0 saturated carbocycles. The van der Waals surface area contributed by atoms with Gasteiger partial charge in [0, 0.05) is 4.88 Å². The van der Waals surface area contributed by atoms with Crippen LogP contribution in [0.4, 0.5) is 23.7 Å². The Morgan fingerprint density at radius 2 is 1.78 bits per heavy atom. The van der Waals surface area contributed by atoms with Crippen LogP contribution in [0.3, 0.4) is 0 Å². The lowest BCUT2D eigenvalue weighted by Gasteiger charge is -2.06. The summed E-state index contributed by atoms with van der Waals surface area (Å²) in [6, 6.07) is 4.12. The lowest BCUT2D eigenvalue weighted by molar-refractivity contribution is -0.137. The van der Waals surface area contributed by atoms with Gasteiger partial charge >= 0.3 is 22.3 Å². The first-order valence-electron chi connectivity index (χ1n) is 5.84. The van der Waals surface area contributed by atoms with Crippen LogP contribution in [-0.4, -0.2) is 19.0 Å². The zero-order valence-corrected chi connectivity index (χ0v) is 12.7. The summed E-state index contributed by atoms with van der Waals surface area (Å²) in [5.41, 5.74) is 4.08. The maximum Gasteiger partial charge on any atom is 0.416 e. The lowest BCUT2D eigenvalue weighted by atomic mass is 10.1. The molecule has 0 saturated heterocycles. The van der Waals surface area contributed by atoms with Crippen LogP contribution in [0.5, 0.6) is 0 Å². The number of alkyl halides is 3. The number of amides is 2. The van der Waals surface area contributed by atoms with Crippen molar-refractivity contribution in [2.45, 2.75) is 10.4 Å². The van der Waals surface area contributed by atoms with E-state index in [9.17, 15) is 26.4 Å². The summed E-state index contributed by atoms with van der Waals surface area (Å²) in [4.78, 5) is 11.1. The molecule has 0 aliphatic heterocycles. The molecule has 0 bridgehead atoms. The first-order chi connectivity index (χ1) is 10.5. The molecule has 2 rings (SSSR count). The third kappa shape index (κ3) is 4.00. The number of urea groups is 1. The second-order valence-corrected chi connectivity index (χ2v) is 7.02. The lowest BCUT2D eigenvalue weighted by Crippen LogP contribution is -2.20. The van der Waals surface area contributed by atoms with Gasteiger partial charge in [0.1, 0.15) is 0 Å². The third-order valence-electron chi connectivity index (χ3n) is 2.69. The second kappa shape index (κ2) is 5.83. The van der Waals surface area contributed by atoms with Crippen LogP contribution in [0.25, 0.3) is 10.4 Å². The summed E-state index contributed by atoms with van der Waals surface area (Å²) in [5, 5.41) is 2.04. The minimum atomic E-state index is -4.63. The van der Waals surface area contributed by atoms with Crippen LogP contribution < -0.4 is 11.1 Å². The second-order valence-electron chi connectivity index (χ2n) is 4.35. The van der Waals surface area contributed by atoms with E-state index in [2.05, 4.69) is 0 Å². The number of hydrogen-bond donors (Lipinski definition) is 3. The monoisotopic (exact) mass is 366 g/mol. The summed E-state index contributed by atoms with van der Waals surface area (Å²) in [5.74, 6) is 0. The van der Waals surface area contributed by atoms with Gasteiger partial charge in [0.25, 0.3) is 0 Å². The largest absolute Gasteiger partial charge is 0.416 e. The topological polar surface area (TPSA) is 109 Å². The Balaban J connectivity index is 2.48. The van der Waals surface area contributed by atoms with Crippen LogP contribution >= 0.6 is 11.3 Å². The Morgan fingerprint density at radius 1 is 1.22 bits per heavy atom. The highest BCUT2D eigenvalue weighted by Crippen LogP contribution is 2.38. The summed E-state index contributed by atoms with van der Waals surface area (Å²) in [7, 11) is -4.63. The standard InChI is InChI=1S/C12H9F3N2O4S2/c13-12(14,15)7-3-1-6(2-4-7)9-5-8(17-11(16)18)10(22-9)23(19,20)21/h1-5H,(H3,16,17,18)(H,19,20,21). The van der Waals surface area contributed by atoms with Crippen molar-refractivity contribution in [2.24, 2.45) is 5.73 Å². The molecule has 0 atom stereocenters. The van der Waals surface area contributed by atoms with E-state index in [1.54, 1.807) is 0 Å². The molecule has 4 N–H and O–H groups in total.